The summed E-state index contributed by atoms with van der Waals surface area (Å²) in [5.74, 6) is -0.834. The fourth-order valence-electron chi connectivity index (χ4n) is 3.87. The number of aliphatic hydroxyl groups is 1. The Bertz CT molecular complexity index is 816. The van der Waals surface area contributed by atoms with Gasteiger partial charge in [-0.25, -0.2) is 8.78 Å². The Hall–Kier alpha value is -1.85. The Labute approximate surface area is 156 Å². The maximum atomic E-state index is 14.2. The molecule has 1 radical (unpaired) electrons. The minimum atomic E-state index is -0.436. The first-order valence-corrected chi connectivity index (χ1v) is 9.20. The molecule has 2 fully saturated rings. The minimum Gasteiger partial charge on any atom is -0.391 e. The molecule has 3 nitrogen and oxygen atoms in total. The van der Waals surface area contributed by atoms with Crippen LogP contribution in [0.2, 0.25) is 5.02 Å². The van der Waals surface area contributed by atoms with Crippen LogP contribution in [0.5, 0.6) is 0 Å². The highest BCUT2D eigenvalue weighted by Crippen LogP contribution is 2.41. The maximum absolute atomic E-state index is 14.2. The molecule has 1 N–H and O–H groups in total. The van der Waals surface area contributed by atoms with Crippen LogP contribution in [0.3, 0.4) is 0 Å². The van der Waals surface area contributed by atoms with Crippen LogP contribution in [0.4, 0.5) is 20.2 Å². The third-order valence-electron chi connectivity index (χ3n) is 5.15. The molecular weight excluding hydrogens is 358 g/mol. The number of benzene rings is 2. The summed E-state index contributed by atoms with van der Waals surface area (Å²) in [6, 6.07) is 9.06. The van der Waals surface area contributed by atoms with Crippen molar-refractivity contribution in [3.63, 3.8) is 0 Å². The quantitative estimate of drug-likeness (QED) is 0.840. The summed E-state index contributed by atoms with van der Waals surface area (Å²) in [6.07, 6.45) is 1.92. The average Bonchev–Trinajstić information content (AvgIpc) is 3.26. The summed E-state index contributed by atoms with van der Waals surface area (Å²) in [7, 11) is 0. The number of hydrogen-bond acceptors (Lipinski definition) is 3. The molecule has 2 aromatic rings. The van der Waals surface area contributed by atoms with Crippen LogP contribution in [-0.4, -0.2) is 24.3 Å². The monoisotopic (exact) mass is 377 g/mol. The van der Waals surface area contributed by atoms with Gasteiger partial charge < -0.3 is 14.9 Å². The molecule has 0 saturated carbocycles. The maximum Gasteiger partial charge on any atom is 0.128 e. The highest BCUT2D eigenvalue weighted by atomic mass is 35.5. The third kappa shape index (κ3) is 3.26. The second kappa shape index (κ2) is 7.05. The molecule has 137 valence electrons. The van der Waals surface area contributed by atoms with Crippen molar-refractivity contribution in [2.24, 2.45) is 0 Å². The van der Waals surface area contributed by atoms with E-state index in [1.807, 2.05) is 29.6 Å². The topological polar surface area (TPSA) is 26.7 Å². The fraction of sp³-hybridized carbons (Fsp3) is 0.350. The second-order valence-corrected chi connectivity index (χ2v) is 7.28. The number of aliphatic hydroxyl groups excluding tert-OH is 1. The Morgan fingerprint density at radius 1 is 1.08 bits per heavy atom. The van der Waals surface area contributed by atoms with E-state index in [9.17, 15) is 13.9 Å². The first-order chi connectivity index (χ1) is 12.5. The molecule has 0 bridgehead atoms. The van der Waals surface area contributed by atoms with Crippen molar-refractivity contribution < 1.29 is 13.9 Å². The number of hydrogen-bond donors (Lipinski definition) is 1. The first-order valence-electron chi connectivity index (χ1n) is 8.82. The Kier molecular flexibility index (Phi) is 4.76. The lowest BCUT2D eigenvalue weighted by Gasteiger charge is -2.28. The van der Waals surface area contributed by atoms with Gasteiger partial charge in [0.1, 0.15) is 11.6 Å². The highest BCUT2D eigenvalue weighted by molar-refractivity contribution is 6.33. The lowest BCUT2D eigenvalue weighted by Crippen LogP contribution is -2.23. The molecule has 2 aliphatic rings. The third-order valence-corrected chi connectivity index (χ3v) is 5.45. The molecule has 2 heterocycles. The van der Waals surface area contributed by atoms with Crippen molar-refractivity contribution in [2.45, 2.75) is 31.4 Å². The van der Waals surface area contributed by atoms with Crippen LogP contribution >= 0.6 is 11.6 Å². The van der Waals surface area contributed by atoms with E-state index in [-0.39, 0.29) is 12.1 Å². The summed E-state index contributed by atoms with van der Waals surface area (Å²) < 4.78 is 27.8. The predicted octanol–water partition coefficient (Wildman–Crippen LogP) is 4.69. The van der Waals surface area contributed by atoms with Crippen LogP contribution < -0.4 is 9.80 Å². The Morgan fingerprint density at radius 3 is 2.65 bits per heavy atom. The number of rotatable bonds is 3. The first kappa shape index (κ1) is 17.6. The molecule has 2 atom stereocenters. The van der Waals surface area contributed by atoms with Gasteiger partial charge in [0.15, 0.2) is 0 Å². The summed E-state index contributed by atoms with van der Waals surface area (Å²) >= 11 is 6.49. The van der Waals surface area contributed by atoms with E-state index in [0.717, 1.165) is 43.2 Å². The van der Waals surface area contributed by atoms with Gasteiger partial charge in [-0.15, -0.1) is 0 Å². The molecule has 0 spiro atoms. The zero-order valence-corrected chi connectivity index (χ0v) is 15.0. The molecule has 2 saturated heterocycles. The predicted molar refractivity (Wildman–Crippen MR) is 99.4 cm³/mol. The molecule has 2 aliphatic heterocycles. The van der Waals surface area contributed by atoms with Gasteiger partial charge in [0.05, 0.1) is 29.4 Å². The summed E-state index contributed by atoms with van der Waals surface area (Å²) in [5.41, 5.74) is 2.10. The van der Waals surface area contributed by atoms with Crippen molar-refractivity contribution in [1.82, 2.24) is 0 Å². The lowest BCUT2D eigenvalue weighted by atomic mass is 10.0. The van der Waals surface area contributed by atoms with Gasteiger partial charge in [-0.3, -0.25) is 0 Å². The zero-order chi connectivity index (χ0) is 18.3. The van der Waals surface area contributed by atoms with Gasteiger partial charge >= 0.3 is 0 Å². The summed E-state index contributed by atoms with van der Waals surface area (Å²) in [4.78, 5) is 4.03. The molecule has 6 heteroatoms. The fourth-order valence-corrected chi connectivity index (χ4v) is 4.17. The number of nitrogens with zero attached hydrogens (tertiary/aromatic N) is 2. The number of anilines is 2. The van der Waals surface area contributed by atoms with Crippen molar-refractivity contribution in [1.29, 1.82) is 0 Å². The Morgan fingerprint density at radius 2 is 1.92 bits per heavy atom. The number of halogens is 3. The van der Waals surface area contributed by atoms with Gasteiger partial charge in [0.25, 0.3) is 0 Å². The van der Waals surface area contributed by atoms with Gasteiger partial charge in [0, 0.05) is 24.3 Å². The average molecular weight is 378 g/mol. The SMILES string of the molecule is O[C@H]1CCN(c2ccc(N3[CH]CC[C@@H]3c3cc(F)ccc3F)cc2Cl)C1. The molecule has 2 aromatic carbocycles. The van der Waals surface area contributed by atoms with E-state index in [4.69, 9.17) is 11.6 Å². The molecule has 0 aliphatic carbocycles. The molecule has 0 unspecified atom stereocenters. The van der Waals surface area contributed by atoms with Crippen LogP contribution in [0, 0.1) is 18.2 Å². The molecule has 0 amide bonds. The van der Waals surface area contributed by atoms with E-state index in [1.165, 1.54) is 12.1 Å². The van der Waals surface area contributed by atoms with Gasteiger partial charge in [-0.1, -0.05) is 11.6 Å². The van der Waals surface area contributed by atoms with Crippen molar-refractivity contribution in [2.75, 3.05) is 22.9 Å². The van der Waals surface area contributed by atoms with Gasteiger partial charge in [0.2, 0.25) is 0 Å². The van der Waals surface area contributed by atoms with E-state index in [2.05, 4.69) is 4.90 Å². The normalized spacial score (nSPS) is 23.1. The van der Waals surface area contributed by atoms with Crippen LogP contribution in [0.1, 0.15) is 30.9 Å². The standard InChI is InChI=1S/C20H20ClF2N2O/c21-17-11-14(4-6-20(17)24-9-7-15(26)12-24)25-8-1-2-19(25)16-10-13(22)3-5-18(16)23/h3-6,8,10-11,15,19,26H,1-2,7,9,12H2/t15-,19+/m0/s1. The van der Waals surface area contributed by atoms with Gasteiger partial charge in [-0.05, 0) is 55.7 Å². The van der Waals surface area contributed by atoms with Crippen molar-refractivity contribution in [3.8, 4) is 0 Å². The van der Waals surface area contributed by atoms with Crippen molar-refractivity contribution >= 4 is 23.0 Å². The summed E-state index contributed by atoms with van der Waals surface area (Å²) in [5, 5.41) is 10.3. The smallest absolute Gasteiger partial charge is 0.128 e. The van der Waals surface area contributed by atoms with E-state index in [0.29, 0.717) is 17.1 Å². The van der Waals surface area contributed by atoms with Crippen LogP contribution in [0.25, 0.3) is 0 Å². The lowest BCUT2D eigenvalue weighted by molar-refractivity contribution is 0.198. The van der Waals surface area contributed by atoms with E-state index in [1.54, 1.807) is 0 Å². The van der Waals surface area contributed by atoms with Crippen molar-refractivity contribution in [3.05, 3.63) is 65.2 Å². The molecule has 26 heavy (non-hydrogen) atoms. The van der Waals surface area contributed by atoms with Crippen LogP contribution in [0.15, 0.2) is 36.4 Å². The second-order valence-electron chi connectivity index (χ2n) is 6.87. The largest absolute Gasteiger partial charge is 0.391 e. The van der Waals surface area contributed by atoms with E-state index < -0.39 is 11.6 Å². The van der Waals surface area contributed by atoms with E-state index >= 15 is 0 Å². The molecule has 4 rings (SSSR count). The minimum absolute atomic E-state index is 0.249. The number of β-amino-alcohol motifs (C(OH)–C–C–N with tert-alkyl or cyclic N) is 1. The van der Waals surface area contributed by atoms with Gasteiger partial charge in [-0.2, -0.15) is 0 Å². The van der Waals surface area contributed by atoms with Crippen LogP contribution in [-0.2, 0) is 0 Å². The summed E-state index contributed by atoms with van der Waals surface area (Å²) in [6.45, 7) is 3.35. The zero-order valence-electron chi connectivity index (χ0n) is 14.2. The Balaban J connectivity index is 1.62. The molecular formula is C20H20ClF2N2O. The molecule has 0 aromatic heterocycles. The highest BCUT2D eigenvalue weighted by Gasteiger charge is 2.30.